The van der Waals surface area contributed by atoms with Crippen molar-refractivity contribution >= 4 is 17.5 Å². The summed E-state index contributed by atoms with van der Waals surface area (Å²) < 4.78 is 0. The fraction of sp³-hybridized carbons (Fsp3) is 0.417. The van der Waals surface area contributed by atoms with E-state index in [1.165, 1.54) is 11.1 Å². The van der Waals surface area contributed by atoms with Gasteiger partial charge in [-0.2, -0.15) is 0 Å². The molecule has 1 amide bonds. The normalized spacial score (nSPS) is 10.1. The van der Waals surface area contributed by atoms with Crippen molar-refractivity contribution in [2.24, 2.45) is 0 Å². The number of alkyl halides is 1. The number of carbonyl (C=O) groups is 1. The molecule has 0 aliphatic carbocycles. The van der Waals surface area contributed by atoms with E-state index in [2.05, 4.69) is 31.3 Å². The predicted octanol–water partition coefficient (Wildman–Crippen LogP) is 2.55. The Labute approximate surface area is 95.6 Å². The molecule has 0 atom stereocenters. The lowest BCUT2D eigenvalue weighted by Gasteiger charge is -2.08. The van der Waals surface area contributed by atoms with Gasteiger partial charge in [-0.25, -0.2) is 0 Å². The van der Waals surface area contributed by atoms with Crippen LogP contribution in [0.25, 0.3) is 0 Å². The van der Waals surface area contributed by atoms with E-state index in [1.54, 1.807) is 0 Å². The number of amides is 1. The molecule has 1 aromatic carbocycles. The Hall–Kier alpha value is -1.02. The first kappa shape index (κ1) is 12.1. The van der Waals surface area contributed by atoms with E-state index in [9.17, 15) is 4.79 Å². The highest BCUT2D eigenvalue weighted by Crippen LogP contribution is 2.09. The molecule has 1 aromatic rings. The first-order valence-corrected chi connectivity index (χ1v) is 5.55. The second-order valence-corrected chi connectivity index (χ2v) is 4.02. The van der Waals surface area contributed by atoms with Gasteiger partial charge >= 0.3 is 0 Å². The van der Waals surface area contributed by atoms with Gasteiger partial charge in [-0.1, -0.05) is 23.8 Å². The van der Waals surface area contributed by atoms with Crippen LogP contribution in [0.5, 0.6) is 0 Å². The van der Waals surface area contributed by atoms with E-state index in [4.69, 9.17) is 11.6 Å². The number of hydrogen-bond acceptors (Lipinski definition) is 1. The highest BCUT2D eigenvalue weighted by molar-refractivity contribution is 6.18. The zero-order valence-corrected chi connectivity index (χ0v) is 9.90. The fourth-order valence-electron chi connectivity index (χ4n) is 1.41. The van der Waals surface area contributed by atoms with Crippen molar-refractivity contribution in [3.8, 4) is 0 Å². The van der Waals surface area contributed by atoms with Crippen LogP contribution < -0.4 is 5.32 Å². The molecule has 1 rings (SSSR count). The molecule has 82 valence electrons. The topological polar surface area (TPSA) is 29.1 Å². The average Bonchev–Trinajstić information content (AvgIpc) is 2.17. The predicted molar refractivity (Wildman–Crippen MR) is 63.1 cm³/mol. The average molecular weight is 226 g/mol. The summed E-state index contributed by atoms with van der Waals surface area (Å²) in [5, 5.41) is 2.84. The van der Waals surface area contributed by atoms with E-state index in [0.717, 1.165) is 5.56 Å². The van der Waals surface area contributed by atoms with Crippen LogP contribution in [-0.2, 0) is 11.3 Å². The second kappa shape index (κ2) is 5.76. The Bertz CT molecular complexity index is 349. The third-order valence-electron chi connectivity index (χ3n) is 2.30. The molecule has 0 heterocycles. The zero-order chi connectivity index (χ0) is 11.3. The molecule has 0 fully saturated rings. The first-order chi connectivity index (χ1) is 7.13. The lowest BCUT2D eigenvalue weighted by atomic mass is 10.1. The van der Waals surface area contributed by atoms with Crippen molar-refractivity contribution in [3.63, 3.8) is 0 Å². The van der Waals surface area contributed by atoms with Gasteiger partial charge < -0.3 is 5.32 Å². The smallest absolute Gasteiger partial charge is 0.221 e. The van der Waals surface area contributed by atoms with Crippen molar-refractivity contribution in [2.75, 3.05) is 5.88 Å². The molecule has 2 nitrogen and oxygen atoms in total. The molecule has 0 aliphatic heterocycles. The summed E-state index contributed by atoms with van der Waals surface area (Å²) in [5.41, 5.74) is 3.60. The molecule has 0 saturated heterocycles. The van der Waals surface area contributed by atoms with Crippen LogP contribution in [0, 0.1) is 13.8 Å². The number of nitrogens with one attached hydrogen (secondary N) is 1. The van der Waals surface area contributed by atoms with Crippen LogP contribution in [0.15, 0.2) is 18.2 Å². The highest BCUT2D eigenvalue weighted by Gasteiger charge is 2.02. The van der Waals surface area contributed by atoms with E-state index in [1.807, 2.05) is 6.07 Å². The van der Waals surface area contributed by atoms with Gasteiger partial charge in [-0.3, -0.25) is 4.79 Å². The molecule has 0 aliphatic rings. The molecular weight excluding hydrogens is 210 g/mol. The molecule has 0 bridgehead atoms. The lowest BCUT2D eigenvalue weighted by Crippen LogP contribution is -2.23. The summed E-state index contributed by atoms with van der Waals surface area (Å²) in [6.07, 6.45) is 0.381. The Morgan fingerprint density at radius 2 is 2.13 bits per heavy atom. The molecule has 1 N–H and O–H groups in total. The Morgan fingerprint density at radius 3 is 2.73 bits per heavy atom. The SMILES string of the molecule is Cc1ccc(CNC(=O)CCCl)c(C)c1. The minimum Gasteiger partial charge on any atom is -0.352 e. The van der Waals surface area contributed by atoms with Gasteiger partial charge in [0.25, 0.3) is 0 Å². The van der Waals surface area contributed by atoms with Gasteiger partial charge in [0.1, 0.15) is 0 Å². The first-order valence-electron chi connectivity index (χ1n) is 5.02. The third kappa shape index (κ3) is 3.92. The lowest BCUT2D eigenvalue weighted by molar-refractivity contribution is -0.120. The molecule has 0 unspecified atom stereocenters. The van der Waals surface area contributed by atoms with Gasteiger partial charge in [0.2, 0.25) is 5.91 Å². The molecular formula is C12H16ClNO. The fourth-order valence-corrected chi connectivity index (χ4v) is 1.58. The standard InChI is InChI=1S/C12H16ClNO/c1-9-3-4-11(10(2)7-9)8-14-12(15)5-6-13/h3-4,7H,5-6,8H2,1-2H3,(H,14,15). The number of rotatable bonds is 4. The highest BCUT2D eigenvalue weighted by atomic mass is 35.5. The molecule has 15 heavy (non-hydrogen) atoms. The second-order valence-electron chi connectivity index (χ2n) is 3.65. The Kier molecular flexibility index (Phi) is 4.63. The largest absolute Gasteiger partial charge is 0.352 e. The summed E-state index contributed by atoms with van der Waals surface area (Å²) in [4.78, 5) is 11.2. The van der Waals surface area contributed by atoms with Crippen LogP contribution in [-0.4, -0.2) is 11.8 Å². The van der Waals surface area contributed by atoms with Gasteiger partial charge in [0.05, 0.1) is 0 Å². The van der Waals surface area contributed by atoms with Crippen molar-refractivity contribution in [2.45, 2.75) is 26.8 Å². The zero-order valence-electron chi connectivity index (χ0n) is 9.14. The quantitative estimate of drug-likeness (QED) is 0.784. The molecule has 0 aromatic heterocycles. The maximum absolute atomic E-state index is 11.2. The Balaban J connectivity index is 2.54. The summed E-state index contributed by atoms with van der Waals surface area (Å²) in [7, 11) is 0. The van der Waals surface area contributed by atoms with Gasteiger partial charge in [0, 0.05) is 18.8 Å². The summed E-state index contributed by atoms with van der Waals surface area (Å²) in [6.45, 7) is 4.70. The number of hydrogen-bond donors (Lipinski definition) is 1. The molecule has 0 saturated carbocycles. The molecule has 0 spiro atoms. The molecule has 0 radical (unpaired) electrons. The van der Waals surface area contributed by atoms with Gasteiger partial charge in [-0.05, 0) is 25.0 Å². The summed E-state index contributed by atoms with van der Waals surface area (Å²) in [5.74, 6) is 0.378. The van der Waals surface area contributed by atoms with Crippen LogP contribution in [0.1, 0.15) is 23.1 Å². The van der Waals surface area contributed by atoms with Crippen molar-refractivity contribution < 1.29 is 4.79 Å². The Morgan fingerprint density at radius 1 is 1.40 bits per heavy atom. The minimum absolute atomic E-state index is 0.00461. The maximum atomic E-state index is 11.2. The summed E-state index contributed by atoms with van der Waals surface area (Å²) in [6, 6.07) is 6.21. The van der Waals surface area contributed by atoms with Crippen molar-refractivity contribution in [1.82, 2.24) is 5.32 Å². The molecule has 3 heteroatoms. The van der Waals surface area contributed by atoms with Crippen molar-refractivity contribution in [3.05, 3.63) is 34.9 Å². The third-order valence-corrected chi connectivity index (χ3v) is 2.48. The minimum atomic E-state index is 0.00461. The van der Waals surface area contributed by atoms with E-state index in [0.29, 0.717) is 18.8 Å². The number of benzene rings is 1. The monoisotopic (exact) mass is 225 g/mol. The van der Waals surface area contributed by atoms with Gasteiger partial charge in [-0.15, -0.1) is 11.6 Å². The van der Waals surface area contributed by atoms with Crippen LogP contribution in [0.4, 0.5) is 0 Å². The number of aryl methyl sites for hydroxylation is 2. The van der Waals surface area contributed by atoms with E-state index in [-0.39, 0.29) is 5.91 Å². The van der Waals surface area contributed by atoms with E-state index < -0.39 is 0 Å². The maximum Gasteiger partial charge on any atom is 0.221 e. The van der Waals surface area contributed by atoms with Crippen LogP contribution in [0.2, 0.25) is 0 Å². The van der Waals surface area contributed by atoms with E-state index >= 15 is 0 Å². The van der Waals surface area contributed by atoms with Crippen LogP contribution >= 0.6 is 11.6 Å². The number of halogens is 1. The summed E-state index contributed by atoms with van der Waals surface area (Å²) >= 11 is 5.47. The van der Waals surface area contributed by atoms with Crippen molar-refractivity contribution in [1.29, 1.82) is 0 Å². The number of carbonyl (C=O) groups excluding carboxylic acids is 1. The van der Waals surface area contributed by atoms with Gasteiger partial charge in [0.15, 0.2) is 0 Å². The van der Waals surface area contributed by atoms with Crippen LogP contribution in [0.3, 0.4) is 0 Å².